The van der Waals surface area contributed by atoms with E-state index in [0.717, 1.165) is 38.4 Å². The van der Waals surface area contributed by atoms with Gasteiger partial charge in [0.05, 0.1) is 48.8 Å². The van der Waals surface area contributed by atoms with Gasteiger partial charge in [-0.1, -0.05) is 6.07 Å². The van der Waals surface area contributed by atoms with Gasteiger partial charge < -0.3 is 19.9 Å². The highest BCUT2D eigenvalue weighted by Crippen LogP contribution is 2.35. The molecule has 2 N–H and O–H groups in total. The zero-order chi connectivity index (χ0) is 28.8. The van der Waals surface area contributed by atoms with Crippen molar-refractivity contribution in [3.05, 3.63) is 65.4 Å². The maximum absolute atomic E-state index is 14.2. The van der Waals surface area contributed by atoms with Crippen LogP contribution in [0.1, 0.15) is 16.8 Å². The molecule has 10 nitrogen and oxygen atoms in total. The Morgan fingerprint density at radius 2 is 1.73 bits per heavy atom. The van der Waals surface area contributed by atoms with Gasteiger partial charge in [-0.05, 0) is 36.9 Å². The molecule has 2 aliphatic heterocycles. The van der Waals surface area contributed by atoms with Crippen LogP contribution in [0.5, 0.6) is 0 Å². The van der Waals surface area contributed by atoms with Gasteiger partial charge in [-0.25, -0.2) is 14.8 Å². The number of hydrazone groups is 1. The van der Waals surface area contributed by atoms with Gasteiger partial charge in [0.1, 0.15) is 0 Å². The number of benzene rings is 1. The van der Waals surface area contributed by atoms with E-state index in [4.69, 9.17) is 4.74 Å². The average molecular weight is 574 g/mol. The van der Waals surface area contributed by atoms with Crippen LogP contribution in [0.3, 0.4) is 0 Å². The van der Waals surface area contributed by atoms with Crippen molar-refractivity contribution in [3.8, 4) is 0 Å². The molecule has 0 saturated carbocycles. The molecule has 0 atom stereocenters. The highest BCUT2D eigenvalue weighted by molar-refractivity contribution is 5.78. The van der Waals surface area contributed by atoms with Crippen LogP contribution in [0.4, 0.5) is 40.7 Å². The lowest BCUT2D eigenvalue weighted by molar-refractivity contribution is -0.138. The second-order valence-corrected chi connectivity index (χ2v) is 9.88. The summed E-state index contributed by atoms with van der Waals surface area (Å²) in [6.07, 6.45) is -0.461. The molecular weight excluding hydrogens is 542 g/mol. The quantitative estimate of drug-likeness (QED) is 0.237. The molecule has 0 spiro atoms. The molecule has 14 heteroatoms. The second-order valence-electron chi connectivity index (χ2n) is 9.88. The molecule has 0 radical (unpaired) electrons. The Balaban J connectivity index is 1.20. The Hall–Kier alpha value is -3.88. The van der Waals surface area contributed by atoms with E-state index in [-0.39, 0.29) is 23.9 Å². The summed E-state index contributed by atoms with van der Waals surface area (Å²) >= 11 is 0. The number of piperazine rings is 1. The maximum Gasteiger partial charge on any atom is 0.416 e. The third kappa shape index (κ3) is 7.65. The van der Waals surface area contributed by atoms with Gasteiger partial charge in [-0.15, -0.1) is 0 Å². The number of rotatable bonds is 8. The molecule has 0 aliphatic carbocycles. The van der Waals surface area contributed by atoms with Gasteiger partial charge in [0.2, 0.25) is 5.95 Å². The summed E-state index contributed by atoms with van der Waals surface area (Å²) in [7, 11) is 2.01. The van der Waals surface area contributed by atoms with Crippen molar-refractivity contribution in [1.82, 2.24) is 24.8 Å². The largest absolute Gasteiger partial charge is 0.416 e. The molecule has 2 aromatic heterocycles. The molecule has 41 heavy (non-hydrogen) atoms. The summed E-state index contributed by atoms with van der Waals surface area (Å²) < 4.78 is 61.2. The fraction of sp³-hybridized carbons (Fsp3) is 0.407. The first-order chi connectivity index (χ1) is 19.7. The van der Waals surface area contributed by atoms with Gasteiger partial charge in [0.25, 0.3) is 0 Å². The van der Waals surface area contributed by atoms with Crippen LogP contribution in [-0.2, 0) is 17.5 Å². The summed E-state index contributed by atoms with van der Waals surface area (Å²) in [4.78, 5) is 18.4. The van der Waals surface area contributed by atoms with Crippen LogP contribution < -0.4 is 15.6 Å². The number of anilines is 4. The van der Waals surface area contributed by atoms with Crippen LogP contribution in [0.15, 0.2) is 47.8 Å². The number of likely N-dealkylation sites (N-methyl/N-ethyl adjacent to an activating group) is 1. The van der Waals surface area contributed by atoms with Crippen molar-refractivity contribution in [2.75, 3.05) is 75.2 Å². The minimum Gasteiger partial charge on any atom is -0.378 e. The number of hydrogen-bond acceptors (Lipinski definition) is 10. The number of nitrogens with one attached hydrogen (secondary N) is 2. The third-order valence-corrected chi connectivity index (χ3v) is 6.88. The lowest BCUT2D eigenvalue weighted by atomic mass is 10.0. The van der Waals surface area contributed by atoms with Crippen LogP contribution in [0.25, 0.3) is 0 Å². The highest BCUT2D eigenvalue weighted by Gasteiger charge is 2.34. The molecule has 5 rings (SSSR count). The van der Waals surface area contributed by atoms with Gasteiger partial charge in [-0.3, -0.25) is 9.88 Å². The number of halogens is 4. The van der Waals surface area contributed by atoms with Crippen LogP contribution in [-0.4, -0.2) is 90.5 Å². The summed E-state index contributed by atoms with van der Waals surface area (Å²) in [5, 5.41) is 7.05. The van der Waals surface area contributed by atoms with E-state index in [0.29, 0.717) is 43.4 Å². The fourth-order valence-electron chi connectivity index (χ4n) is 4.59. The molecule has 1 aromatic carbocycles. The van der Waals surface area contributed by atoms with E-state index in [1.807, 2.05) is 11.9 Å². The van der Waals surface area contributed by atoms with Crippen molar-refractivity contribution < 1.29 is 22.3 Å². The number of nitrogens with zero attached hydrogens (tertiary/aromatic N) is 7. The molecule has 2 saturated heterocycles. The zero-order valence-electron chi connectivity index (χ0n) is 22.5. The summed E-state index contributed by atoms with van der Waals surface area (Å²) in [5.74, 6) is -0.229. The number of ether oxygens (including phenoxy) is 1. The van der Waals surface area contributed by atoms with Crippen molar-refractivity contribution >= 4 is 29.4 Å². The first-order valence-electron chi connectivity index (χ1n) is 13.2. The zero-order valence-corrected chi connectivity index (χ0v) is 22.5. The highest BCUT2D eigenvalue weighted by atomic mass is 19.4. The summed E-state index contributed by atoms with van der Waals surface area (Å²) in [6.45, 7) is 5.43. The molecule has 2 aliphatic rings. The maximum atomic E-state index is 14.2. The number of alkyl halides is 3. The standard InChI is InChI=1S/C27H31F4N9O/c1-38-6-8-39(9-7-38)18-19-2-3-20(14-23(19)27(29,30)31)35-22-5-4-21(32-15-22)16-34-37-26-33-17-24(28)25(36-26)40-10-12-41-13-11-40/h2-5,14-17,35H,6-13,18H2,1H3,(H,33,36,37)/b34-16+. The van der Waals surface area contributed by atoms with E-state index < -0.39 is 17.6 Å². The van der Waals surface area contributed by atoms with Gasteiger partial charge in [0, 0.05) is 51.5 Å². The van der Waals surface area contributed by atoms with E-state index in [9.17, 15) is 17.6 Å². The van der Waals surface area contributed by atoms with Crippen molar-refractivity contribution in [2.45, 2.75) is 12.7 Å². The summed E-state index contributed by atoms with van der Waals surface area (Å²) in [6, 6.07) is 7.66. The third-order valence-electron chi connectivity index (χ3n) is 6.88. The predicted octanol–water partition coefficient (Wildman–Crippen LogP) is 3.80. The lowest BCUT2D eigenvalue weighted by Crippen LogP contribution is -2.44. The molecule has 0 bridgehead atoms. The topological polar surface area (TPSA) is 94.0 Å². The van der Waals surface area contributed by atoms with Crippen LogP contribution >= 0.6 is 0 Å². The second kappa shape index (κ2) is 12.7. The average Bonchev–Trinajstić information content (AvgIpc) is 2.97. The monoisotopic (exact) mass is 573 g/mol. The van der Waals surface area contributed by atoms with Crippen molar-refractivity contribution in [1.29, 1.82) is 0 Å². The van der Waals surface area contributed by atoms with Gasteiger partial charge in [-0.2, -0.15) is 23.3 Å². The molecular formula is C27H31F4N9O. The van der Waals surface area contributed by atoms with Gasteiger partial charge >= 0.3 is 6.18 Å². The minimum atomic E-state index is -4.47. The molecule has 218 valence electrons. The number of morpholine rings is 1. The first-order valence-corrected chi connectivity index (χ1v) is 13.2. The Morgan fingerprint density at radius 3 is 2.44 bits per heavy atom. The Bertz CT molecular complexity index is 1340. The number of pyridine rings is 1. The predicted molar refractivity (Wildman–Crippen MR) is 148 cm³/mol. The molecule has 0 amide bonds. The van der Waals surface area contributed by atoms with Crippen molar-refractivity contribution in [2.24, 2.45) is 5.10 Å². The molecule has 2 fully saturated rings. The summed E-state index contributed by atoms with van der Waals surface area (Å²) in [5.41, 5.74) is 3.59. The number of hydrogen-bond donors (Lipinski definition) is 2. The van der Waals surface area contributed by atoms with E-state index in [2.05, 4.69) is 35.7 Å². The van der Waals surface area contributed by atoms with Crippen LogP contribution in [0, 0.1) is 5.82 Å². The van der Waals surface area contributed by atoms with E-state index in [1.165, 1.54) is 18.5 Å². The Morgan fingerprint density at radius 1 is 0.976 bits per heavy atom. The van der Waals surface area contributed by atoms with Gasteiger partial charge in [0.15, 0.2) is 11.6 Å². The Labute approximate surface area is 235 Å². The number of aromatic nitrogens is 3. The van der Waals surface area contributed by atoms with Crippen LogP contribution in [0.2, 0.25) is 0 Å². The first kappa shape index (κ1) is 28.6. The Kier molecular flexibility index (Phi) is 8.90. The minimum absolute atomic E-state index is 0.124. The SMILES string of the molecule is CN1CCN(Cc2ccc(Nc3ccc(/C=N/Nc4ncc(F)c(N5CCOCC5)n4)nc3)cc2C(F)(F)F)CC1. The lowest BCUT2D eigenvalue weighted by Gasteiger charge is -2.33. The molecule has 0 unspecified atom stereocenters. The van der Waals surface area contributed by atoms with E-state index in [1.54, 1.807) is 23.1 Å². The molecule has 3 aromatic rings. The molecule has 4 heterocycles. The fourth-order valence-corrected chi connectivity index (χ4v) is 4.59. The van der Waals surface area contributed by atoms with Crippen molar-refractivity contribution in [3.63, 3.8) is 0 Å². The normalized spacial score (nSPS) is 17.2. The van der Waals surface area contributed by atoms with E-state index >= 15 is 0 Å². The smallest absolute Gasteiger partial charge is 0.378 e.